The molecule has 4 aliphatic carbocycles. The molecule has 3 saturated carbocycles. The lowest BCUT2D eigenvalue weighted by atomic mass is 9.48. The highest BCUT2D eigenvalue weighted by molar-refractivity contribution is 5.26. The van der Waals surface area contributed by atoms with Crippen LogP contribution < -0.4 is 0 Å². The quantitative estimate of drug-likeness (QED) is 0.612. The van der Waals surface area contributed by atoms with Gasteiger partial charge in [0.25, 0.3) is 0 Å². The monoisotopic (exact) mass is 426 g/mol. The molecule has 3 nitrogen and oxygen atoms in total. The third-order valence-electron chi connectivity index (χ3n) is 11.6. The van der Waals surface area contributed by atoms with Crippen molar-refractivity contribution in [3.05, 3.63) is 11.6 Å². The van der Waals surface area contributed by atoms with Gasteiger partial charge >= 0.3 is 0 Å². The molecule has 0 bridgehead atoms. The molecule has 0 unspecified atom stereocenters. The van der Waals surface area contributed by atoms with E-state index in [-0.39, 0.29) is 11.5 Å². The van der Waals surface area contributed by atoms with Gasteiger partial charge in [0.05, 0.1) is 6.10 Å². The van der Waals surface area contributed by atoms with Gasteiger partial charge in [-0.15, -0.1) is 0 Å². The van der Waals surface area contributed by atoms with Gasteiger partial charge in [-0.05, 0) is 125 Å². The summed E-state index contributed by atoms with van der Waals surface area (Å²) >= 11 is 0. The Morgan fingerprint density at radius 1 is 0.871 bits per heavy atom. The summed E-state index contributed by atoms with van der Waals surface area (Å²) in [5.74, 6) is 2.39. The number of likely N-dealkylation sites (tertiary alicyclic amines) is 2. The van der Waals surface area contributed by atoms with Crippen LogP contribution in [0.2, 0.25) is 0 Å². The number of nitrogens with zero attached hydrogens (tertiary/aromatic N) is 2. The van der Waals surface area contributed by atoms with E-state index in [1.165, 1.54) is 103 Å². The number of rotatable bonds is 2. The van der Waals surface area contributed by atoms with Crippen molar-refractivity contribution in [2.24, 2.45) is 28.6 Å². The zero-order chi connectivity index (χ0) is 21.2. The van der Waals surface area contributed by atoms with E-state index in [2.05, 4.69) is 29.7 Å². The minimum atomic E-state index is -0.111. The number of allylic oxidation sites excluding steroid dienone is 1. The van der Waals surface area contributed by atoms with Crippen LogP contribution in [0.15, 0.2) is 11.6 Å². The van der Waals surface area contributed by atoms with Crippen molar-refractivity contribution in [1.29, 1.82) is 0 Å². The second kappa shape index (κ2) is 7.84. The van der Waals surface area contributed by atoms with Crippen LogP contribution in [-0.4, -0.2) is 59.3 Å². The largest absolute Gasteiger partial charge is 0.391 e. The summed E-state index contributed by atoms with van der Waals surface area (Å²) in [6, 6.07) is 1.25. The highest BCUT2D eigenvalue weighted by Crippen LogP contribution is 2.65. The van der Waals surface area contributed by atoms with Gasteiger partial charge in [0.15, 0.2) is 0 Å². The van der Waals surface area contributed by atoms with E-state index in [4.69, 9.17) is 0 Å². The summed E-state index contributed by atoms with van der Waals surface area (Å²) in [5.41, 5.74) is 2.42. The molecule has 0 aromatic carbocycles. The summed E-state index contributed by atoms with van der Waals surface area (Å²) < 4.78 is 0. The number of fused-ring (bicyclic) bond motifs is 5. The minimum Gasteiger partial charge on any atom is -0.391 e. The van der Waals surface area contributed by atoms with Crippen LogP contribution in [0.5, 0.6) is 0 Å². The standard InChI is InChI=1S/C28H46N2O/c1-27-12-10-21(29-14-6-7-15-29)18-20(27)8-9-22-23(27)11-13-28(2)24(22)19-25(26(28)31)30-16-4-3-5-17-30/h8,21-26,31H,3-7,9-19H2,1-2H3/t21-,22+,23-,24-,25-,26-,27-,28-/m0/s1. The number of aliphatic hydroxyl groups excluding tert-OH is 1. The van der Waals surface area contributed by atoms with Gasteiger partial charge in [-0.3, -0.25) is 4.90 Å². The van der Waals surface area contributed by atoms with E-state index in [1.54, 1.807) is 0 Å². The fourth-order valence-electron chi connectivity index (χ4n) is 9.65. The number of hydrogen-bond acceptors (Lipinski definition) is 3. The van der Waals surface area contributed by atoms with E-state index in [9.17, 15) is 5.11 Å². The second-order valence-electron chi connectivity index (χ2n) is 12.8. The molecule has 6 aliphatic rings. The Bertz CT molecular complexity index is 708. The van der Waals surface area contributed by atoms with Crippen LogP contribution in [0.4, 0.5) is 0 Å². The summed E-state index contributed by atoms with van der Waals surface area (Å²) in [7, 11) is 0. The average molecular weight is 427 g/mol. The van der Waals surface area contributed by atoms with Crippen LogP contribution in [0.25, 0.3) is 0 Å². The molecule has 174 valence electrons. The van der Waals surface area contributed by atoms with Crippen molar-refractivity contribution in [2.75, 3.05) is 26.2 Å². The normalized spacial score (nSPS) is 51.1. The van der Waals surface area contributed by atoms with Crippen molar-refractivity contribution in [1.82, 2.24) is 9.80 Å². The van der Waals surface area contributed by atoms with Crippen LogP contribution in [0, 0.1) is 28.6 Å². The van der Waals surface area contributed by atoms with Crippen molar-refractivity contribution in [3.8, 4) is 0 Å². The molecule has 2 aliphatic heterocycles. The van der Waals surface area contributed by atoms with Gasteiger partial charge in [-0.2, -0.15) is 0 Å². The summed E-state index contributed by atoms with van der Waals surface area (Å²) in [6.07, 6.45) is 18.8. The van der Waals surface area contributed by atoms with Crippen LogP contribution in [-0.2, 0) is 0 Å². The highest BCUT2D eigenvalue weighted by atomic mass is 16.3. The predicted molar refractivity (Wildman–Crippen MR) is 127 cm³/mol. The van der Waals surface area contributed by atoms with E-state index in [1.807, 2.05) is 5.57 Å². The third kappa shape index (κ3) is 3.23. The van der Waals surface area contributed by atoms with Crippen molar-refractivity contribution < 1.29 is 5.11 Å². The Labute approximate surface area is 190 Å². The molecule has 1 N–H and O–H groups in total. The maximum Gasteiger partial charge on any atom is 0.0751 e. The molecular formula is C28H46N2O. The van der Waals surface area contributed by atoms with Crippen LogP contribution in [0.3, 0.4) is 0 Å². The molecule has 0 aromatic rings. The molecular weight excluding hydrogens is 380 g/mol. The zero-order valence-corrected chi connectivity index (χ0v) is 20.2. The topological polar surface area (TPSA) is 26.7 Å². The molecule has 0 aromatic heterocycles. The molecule has 31 heavy (non-hydrogen) atoms. The highest BCUT2D eigenvalue weighted by Gasteiger charge is 2.61. The summed E-state index contributed by atoms with van der Waals surface area (Å²) in [6.45, 7) is 10.2. The Morgan fingerprint density at radius 2 is 1.58 bits per heavy atom. The predicted octanol–water partition coefficient (Wildman–Crippen LogP) is 5.24. The van der Waals surface area contributed by atoms with Crippen molar-refractivity contribution in [3.63, 3.8) is 0 Å². The molecule has 0 amide bonds. The summed E-state index contributed by atoms with van der Waals surface area (Å²) in [5, 5.41) is 11.6. The van der Waals surface area contributed by atoms with Gasteiger partial charge in [-0.25, -0.2) is 0 Å². The molecule has 6 rings (SSSR count). The van der Waals surface area contributed by atoms with Crippen LogP contribution >= 0.6 is 0 Å². The fraction of sp³-hybridized carbons (Fsp3) is 0.929. The van der Waals surface area contributed by atoms with Gasteiger partial charge in [0.2, 0.25) is 0 Å². The number of hydrogen-bond donors (Lipinski definition) is 1. The maximum absolute atomic E-state index is 11.6. The molecule has 8 atom stereocenters. The first-order chi connectivity index (χ1) is 15.0. The van der Waals surface area contributed by atoms with Gasteiger partial charge in [0.1, 0.15) is 0 Å². The first kappa shape index (κ1) is 21.2. The first-order valence-corrected chi connectivity index (χ1v) is 13.9. The average Bonchev–Trinajstić information content (AvgIpc) is 3.41. The lowest BCUT2D eigenvalue weighted by Gasteiger charge is -2.58. The Kier molecular flexibility index (Phi) is 5.36. The van der Waals surface area contributed by atoms with E-state index in [0.717, 1.165) is 23.8 Å². The Balaban J connectivity index is 1.23. The number of aliphatic hydroxyl groups is 1. The van der Waals surface area contributed by atoms with Gasteiger partial charge in [-0.1, -0.05) is 31.9 Å². The first-order valence-electron chi connectivity index (χ1n) is 13.9. The zero-order valence-electron chi connectivity index (χ0n) is 20.2. The Hall–Kier alpha value is -0.380. The molecule has 3 heteroatoms. The number of piperidine rings is 1. The van der Waals surface area contributed by atoms with E-state index < -0.39 is 0 Å². The van der Waals surface area contributed by atoms with Crippen LogP contribution in [0.1, 0.15) is 90.9 Å². The lowest BCUT2D eigenvalue weighted by Crippen LogP contribution is -2.53. The molecule has 2 heterocycles. The lowest BCUT2D eigenvalue weighted by molar-refractivity contribution is -0.0765. The molecule has 2 saturated heterocycles. The second-order valence-corrected chi connectivity index (χ2v) is 12.8. The van der Waals surface area contributed by atoms with E-state index in [0.29, 0.717) is 11.5 Å². The smallest absolute Gasteiger partial charge is 0.0751 e. The molecule has 0 spiro atoms. The minimum absolute atomic E-state index is 0.111. The van der Waals surface area contributed by atoms with Gasteiger partial charge < -0.3 is 10.0 Å². The maximum atomic E-state index is 11.6. The van der Waals surface area contributed by atoms with Crippen molar-refractivity contribution >= 4 is 0 Å². The van der Waals surface area contributed by atoms with E-state index >= 15 is 0 Å². The summed E-state index contributed by atoms with van der Waals surface area (Å²) in [4.78, 5) is 5.49. The fourth-order valence-corrected chi connectivity index (χ4v) is 9.65. The SMILES string of the molecule is C[C@]12CC[C@H]3[C@@H](CC=C4C[C@@H](N5CCCC5)CC[C@@]43C)[C@@H]1C[C@H](N1CCCCC1)[C@@H]2O. The van der Waals surface area contributed by atoms with Crippen molar-refractivity contribution in [2.45, 2.75) is 109 Å². The molecule has 0 radical (unpaired) electrons. The molecule has 5 fully saturated rings. The van der Waals surface area contributed by atoms with Gasteiger partial charge in [0, 0.05) is 12.1 Å². The third-order valence-corrected chi connectivity index (χ3v) is 11.6. The Morgan fingerprint density at radius 3 is 2.35 bits per heavy atom.